The van der Waals surface area contributed by atoms with Crippen molar-refractivity contribution in [1.29, 1.82) is 0 Å². The lowest BCUT2D eigenvalue weighted by molar-refractivity contribution is -0.132. The Hall–Kier alpha value is -2.28. The molecule has 27 heavy (non-hydrogen) atoms. The van der Waals surface area contributed by atoms with Crippen molar-refractivity contribution in [3.63, 3.8) is 0 Å². The zero-order valence-electron chi connectivity index (χ0n) is 15.9. The molecule has 0 aliphatic rings. The molecule has 0 aromatic heterocycles. The Bertz CT molecular complexity index is 712. The van der Waals surface area contributed by atoms with Crippen LogP contribution in [0, 0.1) is 0 Å². The minimum absolute atomic E-state index is 0. The average molecular weight is 395 g/mol. The zero-order valence-corrected chi connectivity index (χ0v) is 16.7. The van der Waals surface area contributed by atoms with Crippen molar-refractivity contribution >= 4 is 18.3 Å². The lowest BCUT2D eigenvalue weighted by Gasteiger charge is -2.21. The van der Waals surface area contributed by atoms with E-state index >= 15 is 0 Å². The molecule has 0 saturated heterocycles. The number of nitrogens with zero attached hydrogens (tertiary/aromatic N) is 1. The van der Waals surface area contributed by atoms with E-state index in [4.69, 9.17) is 19.9 Å². The molecule has 0 bridgehead atoms. The Balaban J connectivity index is 0.00000364. The van der Waals surface area contributed by atoms with E-state index in [1.54, 1.807) is 19.1 Å². The van der Waals surface area contributed by atoms with Gasteiger partial charge in [-0.15, -0.1) is 12.4 Å². The van der Waals surface area contributed by atoms with Gasteiger partial charge in [0.15, 0.2) is 11.5 Å². The van der Waals surface area contributed by atoms with Gasteiger partial charge in [0.1, 0.15) is 12.6 Å². The Labute approximate surface area is 166 Å². The standard InChI is InChI=1S/C20H26N2O4.ClH/c1-22(20(23)17(21)14-24-2)12-16-9-10-18(19(11-16)25-3)26-13-15-7-5-4-6-8-15;/h4-11,17H,12-14,21H2,1-3H3;1H. The molecule has 2 aromatic rings. The second-order valence-electron chi connectivity index (χ2n) is 6.02. The van der Waals surface area contributed by atoms with Gasteiger partial charge in [0.05, 0.1) is 13.7 Å². The van der Waals surface area contributed by atoms with Gasteiger partial charge in [0, 0.05) is 20.7 Å². The van der Waals surface area contributed by atoms with E-state index in [0.29, 0.717) is 24.7 Å². The van der Waals surface area contributed by atoms with Crippen LogP contribution in [0.1, 0.15) is 11.1 Å². The number of rotatable bonds is 9. The lowest BCUT2D eigenvalue weighted by Crippen LogP contribution is -2.44. The van der Waals surface area contributed by atoms with Gasteiger partial charge in [0.2, 0.25) is 5.91 Å². The molecule has 2 aromatic carbocycles. The molecule has 0 fully saturated rings. The summed E-state index contributed by atoms with van der Waals surface area (Å²) in [4.78, 5) is 13.8. The molecule has 7 heteroatoms. The molecule has 1 unspecified atom stereocenters. The predicted octanol–water partition coefficient (Wildman–Crippen LogP) is 2.63. The number of halogens is 1. The molecule has 148 valence electrons. The van der Waals surface area contributed by atoms with E-state index in [-0.39, 0.29) is 24.9 Å². The third kappa shape index (κ3) is 6.75. The highest BCUT2D eigenvalue weighted by atomic mass is 35.5. The van der Waals surface area contributed by atoms with E-state index in [0.717, 1.165) is 11.1 Å². The first-order valence-electron chi connectivity index (χ1n) is 8.38. The Kier molecular flexibility index (Phi) is 9.64. The highest BCUT2D eigenvalue weighted by Gasteiger charge is 2.18. The molecule has 0 heterocycles. The van der Waals surface area contributed by atoms with Crippen molar-refractivity contribution in [2.75, 3.05) is 27.9 Å². The van der Waals surface area contributed by atoms with Gasteiger partial charge in [-0.3, -0.25) is 4.79 Å². The molecule has 0 saturated carbocycles. The molecule has 1 amide bonds. The molecule has 0 radical (unpaired) electrons. The van der Waals surface area contributed by atoms with Crippen molar-refractivity contribution in [2.24, 2.45) is 5.73 Å². The van der Waals surface area contributed by atoms with Crippen LogP contribution in [0.5, 0.6) is 11.5 Å². The SMILES string of the molecule is COCC(N)C(=O)N(C)Cc1ccc(OCc2ccccc2)c(OC)c1.Cl. The van der Waals surface area contributed by atoms with Crippen LogP contribution in [0.25, 0.3) is 0 Å². The molecule has 0 aliphatic carbocycles. The molecule has 6 nitrogen and oxygen atoms in total. The second-order valence-corrected chi connectivity index (χ2v) is 6.02. The van der Waals surface area contributed by atoms with Gasteiger partial charge < -0.3 is 24.8 Å². The first-order valence-corrected chi connectivity index (χ1v) is 8.38. The Morgan fingerprint density at radius 1 is 1.07 bits per heavy atom. The summed E-state index contributed by atoms with van der Waals surface area (Å²) in [7, 11) is 4.83. The molecule has 0 aliphatic heterocycles. The van der Waals surface area contributed by atoms with Gasteiger partial charge in [-0.25, -0.2) is 0 Å². The number of ether oxygens (including phenoxy) is 3. The summed E-state index contributed by atoms with van der Waals surface area (Å²) in [5.41, 5.74) is 7.80. The topological polar surface area (TPSA) is 74.0 Å². The summed E-state index contributed by atoms with van der Waals surface area (Å²) in [5.74, 6) is 1.11. The van der Waals surface area contributed by atoms with Crippen LogP contribution >= 0.6 is 12.4 Å². The number of benzene rings is 2. The van der Waals surface area contributed by atoms with Crippen molar-refractivity contribution in [2.45, 2.75) is 19.2 Å². The van der Waals surface area contributed by atoms with Gasteiger partial charge in [-0.1, -0.05) is 36.4 Å². The summed E-state index contributed by atoms with van der Waals surface area (Å²) in [5, 5.41) is 0. The normalized spacial score (nSPS) is 11.3. The molecule has 1 atom stereocenters. The molecule has 2 N–H and O–H groups in total. The number of hydrogen-bond donors (Lipinski definition) is 1. The summed E-state index contributed by atoms with van der Waals surface area (Å²) in [6.45, 7) is 1.07. The van der Waals surface area contributed by atoms with Crippen LogP contribution in [0.4, 0.5) is 0 Å². The fourth-order valence-corrected chi connectivity index (χ4v) is 2.55. The maximum atomic E-state index is 12.2. The summed E-state index contributed by atoms with van der Waals surface area (Å²) in [6.07, 6.45) is 0. The maximum Gasteiger partial charge on any atom is 0.241 e. The van der Waals surface area contributed by atoms with Crippen LogP contribution in [0.15, 0.2) is 48.5 Å². The number of carbonyl (C=O) groups excluding carboxylic acids is 1. The number of nitrogens with two attached hydrogens (primary N) is 1. The molecule has 0 spiro atoms. The first-order chi connectivity index (χ1) is 12.5. The van der Waals surface area contributed by atoms with Crippen LogP contribution in [-0.2, 0) is 22.7 Å². The Morgan fingerprint density at radius 2 is 1.78 bits per heavy atom. The third-order valence-corrected chi connectivity index (χ3v) is 3.92. The Morgan fingerprint density at radius 3 is 2.41 bits per heavy atom. The fourth-order valence-electron chi connectivity index (χ4n) is 2.55. The monoisotopic (exact) mass is 394 g/mol. The minimum atomic E-state index is -0.666. The number of hydrogen-bond acceptors (Lipinski definition) is 5. The summed E-state index contributed by atoms with van der Waals surface area (Å²) >= 11 is 0. The summed E-state index contributed by atoms with van der Waals surface area (Å²) < 4.78 is 16.2. The fraction of sp³-hybridized carbons (Fsp3) is 0.350. The van der Waals surface area contributed by atoms with Crippen molar-refractivity contribution in [3.05, 3.63) is 59.7 Å². The third-order valence-electron chi connectivity index (χ3n) is 3.92. The maximum absolute atomic E-state index is 12.2. The van der Waals surface area contributed by atoms with E-state index in [9.17, 15) is 4.79 Å². The highest BCUT2D eigenvalue weighted by Crippen LogP contribution is 2.29. The number of likely N-dealkylation sites (N-methyl/N-ethyl adjacent to an activating group) is 1. The van der Waals surface area contributed by atoms with Crippen molar-refractivity contribution in [1.82, 2.24) is 4.90 Å². The van der Waals surface area contributed by atoms with E-state index < -0.39 is 6.04 Å². The van der Waals surface area contributed by atoms with Gasteiger partial charge in [-0.2, -0.15) is 0 Å². The number of methoxy groups -OCH3 is 2. The average Bonchev–Trinajstić information content (AvgIpc) is 2.67. The zero-order chi connectivity index (χ0) is 18.9. The number of amides is 1. The quantitative estimate of drug-likeness (QED) is 0.707. The van der Waals surface area contributed by atoms with Gasteiger partial charge in [0.25, 0.3) is 0 Å². The van der Waals surface area contributed by atoms with E-state index in [1.807, 2.05) is 48.5 Å². The van der Waals surface area contributed by atoms with Crippen LogP contribution in [0.3, 0.4) is 0 Å². The minimum Gasteiger partial charge on any atom is -0.493 e. The van der Waals surface area contributed by atoms with Crippen molar-refractivity contribution < 1.29 is 19.0 Å². The van der Waals surface area contributed by atoms with Crippen LogP contribution in [-0.4, -0.2) is 44.7 Å². The van der Waals surface area contributed by atoms with Gasteiger partial charge in [-0.05, 0) is 23.3 Å². The first kappa shape index (κ1) is 22.8. The van der Waals surface area contributed by atoms with E-state index in [2.05, 4.69) is 0 Å². The predicted molar refractivity (Wildman–Crippen MR) is 107 cm³/mol. The van der Waals surface area contributed by atoms with Gasteiger partial charge >= 0.3 is 0 Å². The van der Waals surface area contributed by atoms with Crippen molar-refractivity contribution in [3.8, 4) is 11.5 Å². The van der Waals surface area contributed by atoms with E-state index in [1.165, 1.54) is 7.11 Å². The van der Waals surface area contributed by atoms with Crippen LogP contribution < -0.4 is 15.2 Å². The largest absolute Gasteiger partial charge is 0.493 e. The lowest BCUT2D eigenvalue weighted by atomic mass is 10.1. The molecule has 2 rings (SSSR count). The molecular formula is C20H27ClN2O4. The van der Waals surface area contributed by atoms with Crippen LogP contribution in [0.2, 0.25) is 0 Å². The smallest absolute Gasteiger partial charge is 0.241 e. The summed E-state index contributed by atoms with van der Waals surface area (Å²) in [6, 6.07) is 14.9. The number of carbonyl (C=O) groups is 1. The molecular weight excluding hydrogens is 368 g/mol. The highest BCUT2D eigenvalue weighted by molar-refractivity contribution is 5.85. The second kappa shape index (κ2) is 11.4.